The third-order valence-corrected chi connectivity index (χ3v) is 6.74. The molecule has 1 fully saturated rings. The van der Waals surface area contributed by atoms with E-state index in [1.54, 1.807) is 12.1 Å². The summed E-state index contributed by atoms with van der Waals surface area (Å²) < 4.78 is 27.2. The van der Waals surface area contributed by atoms with Gasteiger partial charge in [0, 0.05) is 23.6 Å². The number of rotatable bonds is 8. The average Bonchev–Trinajstić information content (AvgIpc) is 3.00. The van der Waals surface area contributed by atoms with E-state index in [0.29, 0.717) is 30.3 Å². The van der Waals surface area contributed by atoms with Gasteiger partial charge >= 0.3 is 0 Å². The Labute approximate surface area is 194 Å². The first kappa shape index (κ1) is 23.1. The van der Waals surface area contributed by atoms with E-state index in [1.807, 2.05) is 32.0 Å². The molecule has 4 rings (SSSR count). The number of halogens is 2. The van der Waals surface area contributed by atoms with Crippen LogP contribution in [0.4, 0.5) is 4.39 Å². The predicted molar refractivity (Wildman–Crippen MR) is 125 cm³/mol. The summed E-state index contributed by atoms with van der Waals surface area (Å²) in [5, 5.41) is 0.746. The topological polar surface area (TPSA) is 38.8 Å². The molecule has 1 atom stereocenters. The first-order valence-corrected chi connectivity index (χ1v) is 11.9. The zero-order valence-corrected chi connectivity index (χ0v) is 19.6. The smallest absolute Gasteiger partial charge is 0.200 e. The number of ketones is 1. The molecular formula is C26H31ClFNO3. The zero-order valence-electron chi connectivity index (χ0n) is 18.8. The van der Waals surface area contributed by atoms with Gasteiger partial charge < -0.3 is 9.47 Å². The summed E-state index contributed by atoms with van der Waals surface area (Å²) >= 11 is 6.09. The Morgan fingerprint density at radius 1 is 1.09 bits per heavy atom. The van der Waals surface area contributed by atoms with Gasteiger partial charge in [-0.3, -0.25) is 9.69 Å². The number of piperidine rings is 1. The van der Waals surface area contributed by atoms with Crippen LogP contribution in [0.3, 0.4) is 0 Å². The fourth-order valence-corrected chi connectivity index (χ4v) is 5.20. The van der Waals surface area contributed by atoms with Gasteiger partial charge in [0.15, 0.2) is 17.2 Å². The van der Waals surface area contributed by atoms with Crippen LogP contribution < -0.4 is 9.47 Å². The highest BCUT2D eigenvalue weighted by atomic mass is 35.5. The van der Waals surface area contributed by atoms with Crippen molar-refractivity contribution in [2.45, 2.75) is 51.7 Å². The number of alkyl halides is 1. The third kappa shape index (κ3) is 4.94. The Hall–Kier alpha value is -2.11. The summed E-state index contributed by atoms with van der Waals surface area (Å²) in [5.41, 5.74) is 0.520. The van der Waals surface area contributed by atoms with Crippen molar-refractivity contribution in [3.63, 3.8) is 0 Å². The maximum absolute atomic E-state index is 15.9. The zero-order chi connectivity index (χ0) is 22.7. The molecule has 172 valence electrons. The molecule has 4 nitrogen and oxygen atoms in total. The Morgan fingerprint density at radius 3 is 2.44 bits per heavy atom. The Kier molecular flexibility index (Phi) is 7.06. The number of hydrogen-bond donors (Lipinski definition) is 0. The van der Waals surface area contributed by atoms with Crippen LogP contribution in [-0.4, -0.2) is 42.7 Å². The van der Waals surface area contributed by atoms with E-state index in [0.717, 1.165) is 43.1 Å². The lowest BCUT2D eigenvalue weighted by Crippen LogP contribution is -2.38. The predicted octanol–water partition coefficient (Wildman–Crippen LogP) is 5.89. The lowest BCUT2D eigenvalue weighted by Gasteiger charge is -2.34. The summed E-state index contributed by atoms with van der Waals surface area (Å²) in [6.07, 6.45) is 2.18. The van der Waals surface area contributed by atoms with Gasteiger partial charge in [-0.05, 0) is 87.5 Å². The monoisotopic (exact) mass is 459 g/mol. The molecule has 1 aliphatic carbocycles. The SMILES string of the molecule is CCOc1cc2c(cc1OCC)C(=O)C(F)(CC1CCN(Cc3cccc(Cl)c3)CC1)C2. The van der Waals surface area contributed by atoms with E-state index in [9.17, 15) is 4.79 Å². The number of likely N-dealkylation sites (tertiary alicyclic amines) is 1. The first-order chi connectivity index (χ1) is 15.4. The Bertz CT molecular complexity index is 974. The molecule has 0 N–H and O–H groups in total. The van der Waals surface area contributed by atoms with Crippen molar-refractivity contribution in [3.05, 3.63) is 58.1 Å². The minimum atomic E-state index is -1.84. The second-order valence-electron chi connectivity index (χ2n) is 8.85. The molecule has 1 saturated heterocycles. The molecule has 0 saturated carbocycles. The number of nitrogens with zero attached hydrogens (tertiary/aromatic N) is 1. The minimum Gasteiger partial charge on any atom is -0.490 e. The number of benzene rings is 2. The van der Waals surface area contributed by atoms with Crippen molar-refractivity contribution in [3.8, 4) is 11.5 Å². The van der Waals surface area contributed by atoms with Crippen LogP contribution in [0, 0.1) is 5.92 Å². The highest BCUT2D eigenvalue weighted by Crippen LogP contribution is 2.43. The van der Waals surface area contributed by atoms with Gasteiger partial charge in [-0.2, -0.15) is 0 Å². The van der Waals surface area contributed by atoms with Crippen molar-refractivity contribution < 1.29 is 18.7 Å². The molecule has 2 aliphatic rings. The second kappa shape index (κ2) is 9.80. The van der Waals surface area contributed by atoms with Crippen molar-refractivity contribution in [1.82, 2.24) is 4.90 Å². The van der Waals surface area contributed by atoms with Gasteiger partial charge in [-0.25, -0.2) is 4.39 Å². The lowest BCUT2D eigenvalue weighted by molar-refractivity contribution is 0.0587. The van der Waals surface area contributed by atoms with Crippen molar-refractivity contribution in [2.24, 2.45) is 5.92 Å². The number of fused-ring (bicyclic) bond motifs is 1. The molecule has 1 heterocycles. The minimum absolute atomic E-state index is 0.121. The van der Waals surface area contributed by atoms with Gasteiger partial charge in [0.25, 0.3) is 0 Å². The summed E-state index contributed by atoms with van der Waals surface area (Å²) in [6.45, 7) is 7.37. The number of Topliss-reactive ketones (excluding diaryl/α,β-unsaturated/α-hetero) is 1. The largest absolute Gasteiger partial charge is 0.490 e. The van der Waals surface area contributed by atoms with E-state index < -0.39 is 11.5 Å². The van der Waals surface area contributed by atoms with Crippen LogP contribution in [0.5, 0.6) is 11.5 Å². The van der Waals surface area contributed by atoms with Crippen LogP contribution in [0.25, 0.3) is 0 Å². The van der Waals surface area contributed by atoms with Crippen LogP contribution >= 0.6 is 11.6 Å². The highest BCUT2D eigenvalue weighted by Gasteiger charge is 2.48. The quantitative estimate of drug-likeness (QED) is 0.493. The highest BCUT2D eigenvalue weighted by molar-refractivity contribution is 6.30. The number of carbonyl (C=O) groups is 1. The van der Waals surface area contributed by atoms with E-state index in [2.05, 4.69) is 11.0 Å². The Balaban J connectivity index is 1.39. The number of hydrogen-bond acceptors (Lipinski definition) is 4. The molecule has 1 aliphatic heterocycles. The second-order valence-corrected chi connectivity index (χ2v) is 9.28. The molecule has 2 aromatic carbocycles. The average molecular weight is 460 g/mol. The van der Waals surface area contributed by atoms with E-state index in [1.165, 1.54) is 5.56 Å². The van der Waals surface area contributed by atoms with Crippen molar-refractivity contribution in [1.29, 1.82) is 0 Å². The van der Waals surface area contributed by atoms with Crippen LogP contribution in [0.1, 0.15) is 54.6 Å². The van der Waals surface area contributed by atoms with Crippen LogP contribution in [0.15, 0.2) is 36.4 Å². The summed E-state index contributed by atoms with van der Waals surface area (Å²) in [7, 11) is 0. The molecule has 0 bridgehead atoms. The molecule has 0 spiro atoms. The molecule has 0 aromatic heterocycles. The molecule has 6 heteroatoms. The molecule has 32 heavy (non-hydrogen) atoms. The summed E-state index contributed by atoms with van der Waals surface area (Å²) in [5.74, 6) is 0.893. The Morgan fingerprint density at radius 2 is 1.78 bits per heavy atom. The van der Waals surface area contributed by atoms with E-state index in [-0.39, 0.29) is 18.8 Å². The fourth-order valence-electron chi connectivity index (χ4n) is 4.98. The van der Waals surface area contributed by atoms with E-state index >= 15 is 4.39 Å². The first-order valence-electron chi connectivity index (χ1n) is 11.5. The summed E-state index contributed by atoms with van der Waals surface area (Å²) in [6, 6.07) is 11.4. The normalized spacial score (nSPS) is 21.6. The van der Waals surface area contributed by atoms with E-state index in [4.69, 9.17) is 21.1 Å². The molecular weight excluding hydrogens is 429 g/mol. The third-order valence-electron chi connectivity index (χ3n) is 6.51. The van der Waals surface area contributed by atoms with Crippen molar-refractivity contribution in [2.75, 3.05) is 26.3 Å². The maximum atomic E-state index is 15.9. The van der Waals surface area contributed by atoms with Gasteiger partial charge in [0.05, 0.1) is 13.2 Å². The standard InChI is InChI=1S/C26H31ClFNO3/c1-3-31-23-13-20-16-26(28,25(30)22(20)14-24(23)32-4-2)15-18-8-10-29(11-9-18)17-19-6-5-7-21(27)12-19/h5-7,12-14,18H,3-4,8-11,15-17H2,1-2H3. The maximum Gasteiger partial charge on any atom is 0.200 e. The van der Waals surface area contributed by atoms with Gasteiger partial charge in [-0.1, -0.05) is 23.7 Å². The molecule has 0 radical (unpaired) electrons. The van der Waals surface area contributed by atoms with Crippen molar-refractivity contribution >= 4 is 17.4 Å². The number of ether oxygens (including phenoxy) is 2. The van der Waals surface area contributed by atoms with Crippen LogP contribution in [0.2, 0.25) is 5.02 Å². The molecule has 1 unspecified atom stereocenters. The fraction of sp³-hybridized carbons (Fsp3) is 0.500. The summed E-state index contributed by atoms with van der Waals surface area (Å²) in [4.78, 5) is 15.4. The molecule has 0 amide bonds. The van der Waals surface area contributed by atoms with Gasteiger partial charge in [0.1, 0.15) is 0 Å². The van der Waals surface area contributed by atoms with Gasteiger partial charge in [-0.15, -0.1) is 0 Å². The molecule has 2 aromatic rings. The van der Waals surface area contributed by atoms with Crippen LogP contribution in [-0.2, 0) is 13.0 Å². The van der Waals surface area contributed by atoms with Gasteiger partial charge in [0.2, 0.25) is 5.78 Å². The lowest BCUT2D eigenvalue weighted by atomic mass is 9.83. The number of carbonyl (C=O) groups excluding carboxylic acids is 1.